The second kappa shape index (κ2) is 5.09. The lowest BCUT2D eigenvalue weighted by molar-refractivity contribution is 0.415. The van der Waals surface area contributed by atoms with Crippen LogP contribution in [0.15, 0.2) is 18.2 Å². The SMILES string of the molecule is COc1ccc(NN)c(Cl)c1.Cl. The van der Waals surface area contributed by atoms with Crippen LogP contribution in [0.25, 0.3) is 0 Å². The van der Waals surface area contributed by atoms with E-state index in [0.29, 0.717) is 16.5 Å². The summed E-state index contributed by atoms with van der Waals surface area (Å²) in [5, 5.41) is 0.548. The minimum Gasteiger partial charge on any atom is -0.497 e. The van der Waals surface area contributed by atoms with Crippen LogP contribution in [0, 0.1) is 0 Å². The highest BCUT2D eigenvalue weighted by molar-refractivity contribution is 6.33. The van der Waals surface area contributed by atoms with Crippen LogP contribution in [0.1, 0.15) is 0 Å². The number of methoxy groups -OCH3 is 1. The van der Waals surface area contributed by atoms with Crippen LogP contribution >= 0.6 is 24.0 Å². The van der Waals surface area contributed by atoms with E-state index in [1.807, 2.05) is 0 Å². The van der Waals surface area contributed by atoms with Crippen molar-refractivity contribution in [2.45, 2.75) is 0 Å². The zero-order valence-corrected chi connectivity index (χ0v) is 8.08. The van der Waals surface area contributed by atoms with Crippen molar-refractivity contribution in [1.29, 1.82) is 0 Å². The second-order valence-electron chi connectivity index (χ2n) is 1.99. The van der Waals surface area contributed by atoms with Gasteiger partial charge in [-0.25, -0.2) is 0 Å². The third kappa shape index (κ3) is 2.44. The van der Waals surface area contributed by atoms with Gasteiger partial charge in [-0.2, -0.15) is 0 Å². The molecule has 3 N–H and O–H groups in total. The number of nitrogen functional groups attached to an aromatic ring is 1. The fraction of sp³-hybridized carbons (Fsp3) is 0.143. The zero-order chi connectivity index (χ0) is 8.27. The van der Waals surface area contributed by atoms with Gasteiger partial charge in [0, 0.05) is 6.07 Å². The Labute approximate surface area is 82.2 Å². The summed E-state index contributed by atoms with van der Waals surface area (Å²) in [6.07, 6.45) is 0. The molecule has 3 nitrogen and oxygen atoms in total. The molecule has 1 rings (SSSR count). The van der Waals surface area contributed by atoms with E-state index in [4.69, 9.17) is 22.2 Å². The molecule has 1 aromatic rings. The van der Waals surface area contributed by atoms with Crippen molar-refractivity contribution < 1.29 is 4.74 Å². The van der Waals surface area contributed by atoms with Crippen LogP contribution in [0.2, 0.25) is 5.02 Å². The second-order valence-corrected chi connectivity index (χ2v) is 2.40. The quantitative estimate of drug-likeness (QED) is 0.578. The lowest BCUT2D eigenvalue weighted by Crippen LogP contribution is -2.06. The molecule has 0 bridgehead atoms. The third-order valence-electron chi connectivity index (χ3n) is 1.33. The predicted molar refractivity (Wildman–Crippen MR) is 53.1 cm³/mol. The van der Waals surface area contributed by atoms with E-state index in [1.54, 1.807) is 25.3 Å². The predicted octanol–water partition coefficient (Wildman–Crippen LogP) is 2.06. The Morgan fingerprint density at radius 2 is 2.17 bits per heavy atom. The molecule has 68 valence electrons. The normalized spacial score (nSPS) is 8.58. The van der Waals surface area contributed by atoms with Crippen molar-refractivity contribution >= 4 is 29.7 Å². The Bertz CT molecular complexity index is 255. The van der Waals surface area contributed by atoms with Crippen molar-refractivity contribution in [2.24, 2.45) is 5.84 Å². The van der Waals surface area contributed by atoms with Gasteiger partial charge in [0.25, 0.3) is 0 Å². The summed E-state index contributed by atoms with van der Waals surface area (Å²) in [5.74, 6) is 5.88. The Hall–Kier alpha value is -0.640. The average molecular weight is 209 g/mol. The number of nitrogens with one attached hydrogen (secondary N) is 1. The zero-order valence-electron chi connectivity index (χ0n) is 6.50. The third-order valence-corrected chi connectivity index (χ3v) is 1.64. The molecule has 12 heavy (non-hydrogen) atoms. The van der Waals surface area contributed by atoms with Crippen LogP contribution in [0.4, 0.5) is 5.69 Å². The Kier molecular flexibility index (Phi) is 4.81. The summed E-state index contributed by atoms with van der Waals surface area (Å²) in [7, 11) is 1.58. The molecule has 0 aliphatic rings. The molecule has 0 aliphatic heterocycles. The number of hydrogen-bond donors (Lipinski definition) is 2. The highest BCUT2D eigenvalue weighted by atomic mass is 35.5. The molecule has 0 spiro atoms. The maximum Gasteiger partial charge on any atom is 0.120 e. The molecule has 0 atom stereocenters. The first-order chi connectivity index (χ1) is 5.27. The summed E-state index contributed by atoms with van der Waals surface area (Å²) in [4.78, 5) is 0. The van der Waals surface area contributed by atoms with Gasteiger partial charge < -0.3 is 10.2 Å². The summed E-state index contributed by atoms with van der Waals surface area (Å²) in [6, 6.07) is 5.22. The number of benzene rings is 1. The van der Waals surface area contributed by atoms with Crippen LogP contribution < -0.4 is 16.0 Å². The molecule has 0 aliphatic carbocycles. The Morgan fingerprint density at radius 1 is 1.50 bits per heavy atom. The minimum absolute atomic E-state index is 0. The van der Waals surface area contributed by atoms with Crippen molar-refractivity contribution in [1.82, 2.24) is 0 Å². The van der Waals surface area contributed by atoms with E-state index in [2.05, 4.69) is 5.43 Å². The maximum atomic E-state index is 5.79. The van der Waals surface area contributed by atoms with Gasteiger partial charge in [-0.1, -0.05) is 11.6 Å². The molecule has 0 fully saturated rings. The van der Waals surface area contributed by atoms with E-state index in [1.165, 1.54) is 0 Å². The lowest BCUT2D eigenvalue weighted by atomic mass is 10.3. The van der Waals surface area contributed by atoms with Crippen molar-refractivity contribution in [3.63, 3.8) is 0 Å². The first kappa shape index (κ1) is 11.4. The molecule has 0 radical (unpaired) electrons. The number of anilines is 1. The molecular formula is C7H10Cl2N2O. The van der Waals surface area contributed by atoms with Gasteiger partial charge in [0.05, 0.1) is 17.8 Å². The first-order valence-corrected chi connectivity index (χ1v) is 3.46. The molecule has 5 heteroatoms. The van der Waals surface area contributed by atoms with Gasteiger partial charge >= 0.3 is 0 Å². The van der Waals surface area contributed by atoms with Crippen molar-refractivity contribution in [3.05, 3.63) is 23.2 Å². The molecule has 0 unspecified atom stereocenters. The van der Waals surface area contributed by atoms with Gasteiger partial charge in [0.1, 0.15) is 5.75 Å². The van der Waals surface area contributed by atoms with Crippen LogP contribution in [0.5, 0.6) is 5.75 Å². The molecule has 0 saturated carbocycles. The van der Waals surface area contributed by atoms with E-state index in [9.17, 15) is 0 Å². The van der Waals surface area contributed by atoms with Crippen LogP contribution in [0.3, 0.4) is 0 Å². The van der Waals surface area contributed by atoms with Gasteiger partial charge in [0.15, 0.2) is 0 Å². The molecular weight excluding hydrogens is 199 g/mol. The van der Waals surface area contributed by atoms with Gasteiger partial charge in [-0.3, -0.25) is 5.84 Å². The van der Waals surface area contributed by atoms with E-state index in [0.717, 1.165) is 0 Å². The average Bonchev–Trinajstić information content (AvgIpc) is 2.04. The summed E-state index contributed by atoms with van der Waals surface area (Å²) in [6.45, 7) is 0. The molecule has 0 saturated heterocycles. The van der Waals surface area contributed by atoms with E-state index < -0.39 is 0 Å². The number of halogens is 2. The summed E-state index contributed by atoms with van der Waals surface area (Å²) < 4.78 is 4.94. The lowest BCUT2D eigenvalue weighted by Gasteiger charge is -2.04. The topological polar surface area (TPSA) is 47.3 Å². The number of hydrogen-bond acceptors (Lipinski definition) is 3. The number of hydrazine groups is 1. The molecule has 0 aromatic heterocycles. The van der Waals surface area contributed by atoms with E-state index in [-0.39, 0.29) is 12.4 Å². The summed E-state index contributed by atoms with van der Waals surface area (Å²) in [5.41, 5.74) is 3.15. The monoisotopic (exact) mass is 208 g/mol. The number of rotatable bonds is 2. The van der Waals surface area contributed by atoms with Gasteiger partial charge in [-0.15, -0.1) is 12.4 Å². The largest absolute Gasteiger partial charge is 0.497 e. The van der Waals surface area contributed by atoms with Crippen LogP contribution in [-0.2, 0) is 0 Å². The molecule has 0 heterocycles. The Morgan fingerprint density at radius 3 is 2.58 bits per heavy atom. The van der Waals surface area contributed by atoms with Gasteiger partial charge in [0.2, 0.25) is 0 Å². The highest BCUT2D eigenvalue weighted by Gasteiger charge is 1.98. The fourth-order valence-corrected chi connectivity index (χ4v) is 0.965. The van der Waals surface area contributed by atoms with Gasteiger partial charge in [-0.05, 0) is 12.1 Å². The summed E-state index contributed by atoms with van der Waals surface area (Å²) >= 11 is 5.79. The first-order valence-electron chi connectivity index (χ1n) is 3.08. The van der Waals surface area contributed by atoms with Crippen LogP contribution in [-0.4, -0.2) is 7.11 Å². The maximum absolute atomic E-state index is 5.79. The molecule has 0 amide bonds. The Balaban J connectivity index is 0.00000121. The highest BCUT2D eigenvalue weighted by Crippen LogP contribution is 2.25. The number of ether oxygens (including phenoxy) is 1. The molecule has 1 aromatic carbocycles. The van der Waals surface area contributed by atoms with Crippen molar-refractivity contribution in [2.75, 3.05) is 12.5 Å². The standard InChI is InChI=1S/C7H9ClN2O.ClH/c1-11-5-2-3-7(10-9)6(8)4-5;/h2-4,10H,9H2,1H3;1H. The van der Waals surface area contributed by atoms with E-state index >= 15 is 0 Å². The minimum atomic E-state index is 0. The fourth-order valence-electron chi connectivity index (χ4n) is 0.740. The van der Waals surface area contributed by atoms with Crippen molar-refractivity contribution in [3.8, 4) is 5.75 Å². The number of nitrogens with two attached hydrogens (primary N) is 1. The smallest absolute Gasteiger partial charge is 0.120 e.